The highest BCUT2D eigenvalue weighted by molar-refractivity contribution is 7.92. The molecule has 1 aromatic heterocycles. The minimum Gasteiger partial charge on any atom is -0.398 e. The number of benzene rings is 1. The summed E-state index contributed by atoms with van der Waals surface area (Å²) in [6, 6.07) is 5.16. The average Bonchev–Trinajstić information content (AvgIpc) is 2.62. The first-order valence-electron chi connectivity index (χ1n) is 4.99. The highest BCUT2D eigenvalue weighted by atomic mass is 32.2. The Bertz CT molecular complexity index is 661. The predicted molar refractivity (Wildman–Crippen MR) is 64.9 cm³/mol. The van der Waals surface area contributed by atoms with Crippen LogP contribution in [0.2, 0.25) is 0 Å². The molecule has 0 radical (unpaired) electrons. The van der Waals surface area contributed by atoms with Crippen LogP contribution in [0.15, 0.2) is 29.2 Å². The maximum Gasteiger partial charge on any atom is 0.268 e. The molecule has 0 spiro atoms. The molecule has 0 aliphatic heterocycles. The van der Waals surface area contributed by atoms with Crippen molar-refractivity contribution in [1.82, 2.24) is 10.2 Å². The summed E-state index contributed by atoms with van der Waals surface area (Å²) in [7, 11) is -4.09. The molecule has 0 unspecified atom stereocenters. The molecule has 6 nitrogen and oxygen atoms in total. The van der Waals surface area contributed by atoms with Gasteiger partial charge in [-0.05, 0) is 19.1 Å². The fourth-order valence-corrected chi connectivity index (χ4v) is 2.65. The molecular weight excluding hydrogens is 259 g/mol. The first-order valence-corrected chi connectivity index (χ1v) is 6.47. The Kier molecular flexibility index (Phi) is 2.95. The largest absolute Gasteiger partial charge is 0.398 e. The zero-order valence-electron chi connectivity index (χ0n) is 9.44. The van der Waals surface area contributed by atoms with Gasteiger partial charge in [-0.3, -0.25) is 9.82 Å². The predicted octanol–water partition coefficient (Wildman–Crippen LogP) is 1.24. The molecule has 0 aliphatic rings. The monoisotopic (exact) mass is 270 g/mol. The van der Waals surface area contributed by atoms with E-state index in [0.29, 0.717) is 5.69 Å². The third-order valence-electron chi connectivity index (χ3n) is 2.21. The second kappa shape index (κ2) is 4.30. The van der Waals surface area contributed by atoms with Crippen LogP contribution in [0, 0.1) is 12.7 Å². The third-order valence-corrected chi connectivity index (χ3v) is 3.66. The summed E-state index contributed by atoms with van der Waals surface area (Å²) in [6.07, 6.45) is 0. The second-order valence-electron chi connectivity index (χ2n) is 3.70. The smallest absolute Gasteiger partial charge is 0.268 e. The molecule has 1 heterocycles. The number of aryl methyl sites for hydroxylation is 1. The Morgan fingerprint density at radius 3 is 2.72 bits per heavy atom. The number of sulfonamides is 1. The van der Waals surface area contributed by atoms with Crippen molar-refractivity contribution in [2.75, 3.05) is 10.5 Å². The number of nitrogens with one attached hydrogen (secondary N) is 2. The molecule has 0 aliphatic carbocycles. The van der Waals surface area contributed by atoms with E-state index in [4.69, 9.17) is 5.73 Å². The van der Waals surface area contributed by atoms with Crippen LogP contribution < -0.4 is 10.5 Å². The summed E-state index contributed by atoms with van der Waals surface area (Å²) in [5.41, 5.74) is 6.00. The Hall–Kier alpha value is -2.09. The number of nitrogens with two attached hydrogens (primary N) is 1. The number of rotatable bonds is 3. The molecule has 1 aromatic carbocycles. The van der Waals surface area contributed by atoms with Gasteiger partial charge in [0.25, 0.3) is 10.0 Å². The van der Waals surface area contributed by atoms with Crippen molar-refractivity contribution in [1.29, 1.82) is 0 Å². The van der Waals surface area contributed by atoms with Crippen LogP contribution in [0.5, 0.6) is 0 Å². The van der Waals surface area contributed by atoms with Crippen molar-refractivity contribution in [2.45, 2.75) is 11.8 Å². The second-order valence-corrected chi connectivity index (χ2v) is 5.32. The first-order chi connectivity index (χ1) is 8.40. The molecule has 18 heavy (non-hydrogen) atoms. The van der Waals surface area contributed by atoms with Crippen LogP contribution >= 0.6 is 0 Å². The summed E-state index contributed by atoms with van der Waals surface area (Å²) in [5, 5.41) is 6.28. The van der Waals surface area contributed by atoms with Gasteiger partial charge in [0.05, 0.1) is 5.69 Å². The van der Waals surface area contributed by atoms with Crippen molar-refractivity contribution in [3.8, 4) is 0 Å². The van der Waals surface area contributed by atoms with Gasteiger partial charge in [-0.25, -0.2) is 12.8 Å². The number of aromatic amines is 1. The Balaban J connectivity index is 2.43. The highest BCUT2D eigenvalue weighted by Gasteiger charge is 2.22. The van der Waals surface area contributed by atoms with Crippen LogP contribution in [-0.2, 0) is 10.0 Å². The Labute approximate surface area is 103 Å². The van der Waals surface area contributed by atoms with E-state index < -0.39 is 20.7 Å². The van der Waals surface area contributed by atoms with Crippen molar-refractivity contribution >= 4 is 21.5 Å². The lowest BCUT2D eigenvalue weighted by Crippen LogP contribution is -2.16. The molecular formula is C10H11FN4O2S. The van der Waals surface area contributed by atoms with E-state index in [-0.39, 0.29) is 11.5 Å². The quantitative estimate of drug-likeness (QED) is 0.730. The number of halogens is 1. The van der Waals surface area contributed by atoms with Gasteiger partial charge < -0.3 is 5.73 Å². The maximum absolute atomic E-state index is 13.5. The van der Waals surface area contributed by atoms with Crippen molar-refractivity contribution in [3.05, 3.63) is 35.8 Å². The van der Waals surface area contributed by atoms with Gasteiger partial charge in [-0.2, -0.15) is 5.10 Å². The Morgan fingerprint density at radius 1 is 1.44 bits per heavy atom. The Morgan fingerprint density at radius 2 is 2.17 bits per heavy atom. The van der Waals surface area contributed by atoms with Crippen molar-refractivity contribution < 1.29 is 12.8 Å². The number of aromatic nitrogens is 2. The van der Waals surface area contributed by atoms with Crippen LogP contribution in [-0.4, -0.2) is 18.6 Å². The summed E-state index contributed by atoms with van der Waals surface area (Å²) in [5.74, 6) is -0.829. The SMILES string of the molecule is Cc1cc(NS(=O)(=O)c2c(N)cccc2F)n[nH]1. The molecule has 0 saturated heterocycles. The van der Waals surface area contributed by atoms with E-state index >= 15 is 0 Å². The summed E-state index contributed by atoms with van der Waals surface area (Å²) >= 11 is 0. The van der Waals surface area contributed by atoms with Gasteiger partial charge in [0.1, 0.15) is 10.7 Å². The molecule has 96 valence electrons. The van der Waals surface area contributed by atoms with Crippen LogP contribution in [0.3, 0.4) is 0 Å². The first kappa shape index (κ1) is 12.4. The van der Waals surface area contributed by atoms with Crippen molar-refractivity contribution in [2.24, 2.45) is 0 Å². The number of hydrogen-bond acceptors (Lipinski definition) is 4. The van der Waals surface area contributed by atoms with Crippen molar-refractivity contribution in [3.63, 3.8) is 0 Å². The van der Waals surface area contributed by atoms with Crippen LogP contribution in [0.25, 0.3) is 0 Å². The fraction of sp³-hybridized carbons (Fsp3) is 0.100. The van der Waals surface area contributed by atoms with E-state index in [1.165, 1.54) is 18.2 Å². The minimum absolute atomic E-state index is 0.0788. The zero-order valence-corrected chi connectivity index (χ0v) is 10.3. The van der Waals surface area contributed by atoms with Crippen LogP contribution in [0.4, 0.5) is 15.9 Å². The van der Waals surface area contributed by atoms with Crippen LogP contribution in [0.1, 0.15) is 5.69 Å². The van der Waals surface area contributed by atoms with E-state index in [0.717, 1.165) is 6.07 Å². The molecule has 0 saturated carbocycles. The highest BCUT2D eigenvalue weighted by Crippen LogP contribution is 2.23. The molecule has 2 rings (SSSR count). The van der Waals surface area contributed by atoms with Gasteiger partial charge in [0, 0.05) is 11.8 Å². The zero-order chi connectivity index (χ0) is 13.3. The molecule has 2 aromatic rings. The van der Waals surface area contributed by atoms with E-state index in [1.54, 1.807) is 6.92 Å². The number of nitrogens with zero attached hydrogens (tertiary/aromatic N) is 1. The standard InChI is InChI=1S/C10H11FN4O2S/c1-6-5-9(14-13-6)15-18(16,17)10-7(11)3-2-4-8(10)12/h2-5H,12H2,1H3,(H2,13,14,15). The minimum atomic E-state index is -4.09. The molecule has 0 amide bonds. The van der Waals surface area contributed by atoms with E-state index in [1.807, 2.05) is 0 Å². The average molecular weight is 270 g/mol. The molecule has 0 atom stereocenters. The molecule has 8 heteroatoms. The molecule has 4 N–H and O–H groups in total. The number of hydrogen-bond donors (Lipinski definition) is 3. The van der Waals surface area contributed by atoms with Gasteiger partial charge in [-0.15, -0.1) is 0 Å². The molecule has 0 bridgehead atoms. The summed E-state index contributed by atoms with van der Waals surface area (Å²) in [4.78, 5) is -0.578. The fourth-order valence-electron chi connectivity index (χ4n) is 1.47. The normalized spacial score (nSPS) is 11.4. The number of nitrogen functional groups attached to an aromatic ring is 1. The summed E-state index contributed by atoms with van der Waals surface area (Å²) < 4.78 is 39.6. The lowest BCUT2D eigenvalue weighted by atomic mass is 10.3. The van der Waals surface area contributed by atoms with Gasteiger partial charge >= 0.3 is 0 Å². The van der Waals surface area contributed by atoms with E-state index in [2.05, 4.69) is 14.9 Å². The maximum atomic E-state index is 13.5. The third kappa shape index (κ3) is 2.28. The number of anilines is 2. The lowest BCUT2D eigenvalue weighted by Gasteiger charge is -2.08. The van der Waals surface area contributed by atoms with Gasteiger partial charge in [0.15, 0.2) is 5.82 Å². The lowest BCUT2D eigenvalue weighted by molar-refractivity contribution is 0.571. The van der Waals surface area contributed by atoms with E-state index in [9.17, 15) is 12.8 Å². The molecule has 0 fully saturated rings. The van der Waals surface area contributed by atoms with Gasteiger partial charge in [-0.1, -0.05) is 6.07 Å². The topological polar surface area (TPSA) is 101 Å². The van der Waals surface area contributed by atoms with Gasteiger partial charge in [0.2, 0.25) is 0 Å². The summed E-state index contributed by atoms with van der Waals surface area (Å²) in [6.45, 7) is 1.71. The number of H-pyrrole nitrogens is 1.